The first-order valence-corrected chi connectivity index (χ1v) is 25.1. The molecule has 0 unspecified atom stereocenters. The molecule has 4 aliphatic heterocycles. The first-order chi connectivity index (χ1) is 32.7. The summed E-state index contributed by atoms with van der Waals surface area (Å²) in [5, 5.41) is 81.1. The molecule has 0 saturated carbocycles. The molecule has 1 aromatic rings. The second kappa shape index (κ2) is 24.2. The fourth-order valence-corrected chi connectivity index (χ4v) is 10.9. The van der Waals surface area contributed by atoms with Crippen LogP contribution in [0.5, 0.6) is 0 Å². The maximum Gasteiger partial charge on any atom is 0.311 e. The monoisotopic (exact) mass is 993 g/mol. The Morgan fingerprint density at radius 2 is 1.67 bits per heavy atom. The average molecular weight is 993 g/mol. The summed E-state index contributed by atoms with van der Waals surface area (Å²) in [4.78, 5) is 29.0. The van der Waals surface area contributed by atoms with Crippen molar-refractivity contribution in [2.24, 2.45) is 28.1 Å². The van der Waals surface area contributed by atoms with E-state index in [4.69, 9.17) is 28.4 Å². The van der Waals surface area contributed by atoms with Gasteiger partial charge in [-0.25, -0.2) is 0 Å². The van der Waals surface area contributed by atoms with Crippen molar-refractivity contribution >= 4 is 11.7 Å². The Morgan fingerprint density at radius 1 is 1.00 bits per heavy atom. The van der Waals surface area contributed by atoms with E-state index in [9.17, 15) is 40.4 Å². The Morgan fingerprint density at radius 3 is 2.30 bits per heavy atom. The molecule has 20 heteroatoms. The maximum atomic E-state index is 14.5. The molecular weight excluding hydrogens is 909 g/mol. The second-order valence-electron chi connectivity index (χ2n) is 21.4. The van der Waals surface area contributed by atoms with Gasteiger partial charge in [-0.15, -0.1) is 5.11 Å². The Hall–Kier alpha value is -3.25. The smallest absolute Gasteiger partial charge is 0.311 e. The van der Waals surface area contributed by atoms with E-state index in [1.54, 1.807) is 53.7 Å². The van der Waals surface area contributed by atoms with Crippen LogP contribution in [0.15, 0.2) is 46.4 Å². The summed E-state index contributed by atoms with van der Waals surface area (Å²) in [5.74, 6) is -2.80. The van der Waals surface area contributed by atoms with Gasteiger partial charge in [-0.3, -0.25) is 19.9 Å². The standard InChI is InChI=1S/C50H84N6O14/c1-14-39-50(10,62)43(58)33(6)54(12)27-29(2)25-48(8,61)45(31(4)42(32(5)46(60)68-39)69-40-26-49(9,65-13)44(59)34(7)67-40)70-47-41(57)38(24-30(3)66-47)53(11)22-15-16-36-28-55(52-51-36)23-21-35-17-19-37(20-18-35)56(63)64/h16-20,29-34,38-45,47,57-59,61-62H,14-15,21-28H2,1-13H3/b36-16+/t29-,30-,31+,32-,33-,34+,38+,39-,40+,41-,42+,43-,44+,45-,47+,48-,49-,50-/m1/s1. The Balaban J connectivity index is 1.39. The number of nitro benzene ring substituents is 1. The third kappa shape index (κ3) is 13.9. The molecule has 4 heterocycles. The molecule has 0 aromatic heterocycles. The molecular formula is C50H84N6O14. The summed E-state index contributed by atoms with van der Waals surface area (Å²) < 4.78 is 38.2. The predicted molar refractivity (Wildman–Crippen MR) is 259 cm³/mol. The number of methoxy groups -OCH3 is 1. The lowest BCUT2D eigenvalue weighted by atomic mass is 9.77. The first-order valence-electron chi connectivity index (χ1n) is 25.1. The number of esters is 1. The number of nitrogens with zero attached hydrogens (tertiary/aromatic N) is 6. The van der Waals surface area contributed by atoms with Crippen LogP contribution < -0.4 is 0 Å². The molecule has 0 aliphatic carbocycles. The molecule has 3 saturated heterocycles. The molecule has 20 nitrogen and oxygen atoms in total. The van der Waals surface area contributed by atoms with E-state index in [0.717, 1.165) is 11.3 Å². The van der Waals surface area contributed by atoms with Crippen molar-refractivity contribution in [1.82, 2.24) is 14.8 Å². The summed E-state index contributed by atoms with van der Waals surface area (Å²) in [7, 11) is 5.26. The van der Waals surface area contributed by atoms with E-state index in [1.165, 1.54) is 26.2 Å². The van der Waals surface area contributed by atoms with Crippen LogP contribution in [0.3, 0.4) is 0 Å². The Bertz CT molecular complexity index is 1930. The lowest BCUT2D eigenvalue weighted by Gasteiger charge is -2.49. The summed E-state index contributed by atoms with van der Waals surface area (Å²) in [6, 6.07) is 5.50. The SMILES string of the molecule is CC[C@H]1OC(=O)[C@H](C)[C@@H](O[C@H]2C[C@@](C)(OC)[C@@H](O)[C@H](C)O2)[C@H](C)[C@@H](O[C@@H]2O[C@H](C)C[C@H](N(C)CC/C=C3\CN(CCc4ccc([N+](=O)[O-])cc4)N=N3)[C@H]2O)[C@](C)(O)C[C@@H](C)CN(C)[C@H](C)[C@@H](O)[C@]1(C)O. The lowest BCUT2D eigenvalue weighted by molar-refractivity contribution is -0.384. The molecule has 0 spiro atoms. The van der Waals surface area contributed by atoms with Gasteiger partial charge in [0.25, 0.3) is 5.69 Å². The van der Waals surface area contributed by atoms with Gasteiger partial charge in [0.2, 0.25) is 0 Å². The summed E-state index contributed by atoms with van der Waals surface area (Å²) >= 11 is 0. The van der Waals surface area contributed by atoms with Crippen molar-refractivity contribution < 1.29 is 63.7 Å². The van der Waals surface area contributed by atoms with Gasteiger partial charge >= 0.3 is 5.97 Å². The molecule has 0 bridgehead atoms. The van der Waals surface area contributed by atoms with Crippen molar-refractivity contribution in [2.45, 2.75) is 198 Å². The van der Waals surface area contributed by atoms with Gasteiger partial charge in [0, 0.05) is 63.3 Å². The summed E-state index contributed by atoms with van der Waals surface area (Å²) in [6.45, 7) is 19.6. The molecule has 1 aromatic carbocycles. The molecule has 0 radical (unpaired) electrons. The van der Waals surface area contributed by atoms with E-state index in [2.05, 4.69) is 15.2 Å². The lowest BCUT2D eigenvalue weighted by Crippen LogP contribution is -2.60. The molecule has 5 N–H and O–H groups in total. The molecule has 398 valence electrons. The number of likely N-dealkylation sites (N-methyl/N-ethyl adjacent to an activating group) is 2. The number of benzene rings is 1. The van der Waals surface area contributed by atoms with Crippen LogP contribution in [0, 0.1) is 27.9 Å². The summed E-state index contributed by atoms with van der Waals surface area (Å²) in [6.07, 6.45) is -5.78. The number of hydrogen-bond donors (Lipinski definition) is 5. The van der Waals surface area contributed by atoms with Crippen molar-refractivity contribution in [3.8, 4) is 0 Å². The van der Waals surface area contributed by atoms with Crippen LogP contribution in [0.2, 0.25) is 0 Å². The highest BCUT2D eigenvalue weighted by Gasteiger charge is 2.53. The van der Waals surface area contributed by atoms with Gasteiger partial charge in [-0.1, -0.05) is 44.2 Å². The largest absolute Gasteiger partial charge is 0.459 e. The highest BCUT2D eigenvalue weighted by Crippen LogP contribution is 2.40. The number of aliphatic hydroxyl groups is 5. The maximum absolute atomic E-state index is 14.5. The zero-order valence-corrected chi connectivity index (χ0v) is 43.7. The number of nitro groups is 1. The third-order valence-electron chi connectivity index (χ3n) is 15.4. The van der Waals surface area contributed by atoms with Crippen LogP contribution in [0.25, 0.3) is 0 Å². The minimum absolute atomic E-state index is 0.0487. The summed E-state index contributed by atoms with van der Waals surface area (Å²) in [5.41, 5.74) is -2.71. The molecule has 5 rings (SSSR count). The normalized spacial score (nSPS) is 41.4. The van der Waals surface area contributed by atoms with Gasteiger partial charge < -0.3 is 63.8 Å². The zero-order valence-electron chi connectivity index (χ0n) is 43.7. The fourth-order valence-electron chi connectivity index (χ4n) is 10.9. The second-order valence-corrected chi connectivity index (χ2v) is 21.4. The van der Waals surface area contributed by atoms with Crippen molar-refractivity contribution in [3.05, 3.63) is 51.7 Å². The van der Waals surface area contributed by atoms with Crippen molar-refractivity contribution in [1.29, 1.82) is 0 Å². The number of aliphatic hydroxyl groups excluding tert-OH is 3. The highest BCUT2D eigenvalue weighted by atomic mass is 16.7. The van der Waals surface area contributed by atoms with E-state index in [1.807, 2.05) is 50.9 Å². The van der Waals surface area contributed by atoms with E-state index in [-0.39, 0.29) is 37.0 Å². The number of non-ortho nitro benzene ring substituents is 1. The number of hydrogen-bond acceptors (Lipinski definition) is 19. The Labute approximate surface area is 414 Å². The number of rotatable bonds is 14. The number of carbonyl (C=O) groups is 1. The number of carbonyl (C=O) groups excluding carboxylic acids is 1. The Kier molecular flexibility index (Phi) is 19.9. The fraction of sp³-hybridized carbons (Fsp3) is 0.820. The molecule has 3 fully saturated rings. The van der Waals surface area contributed by atoms with Crippen molar-refractivity contribution in [3.63, 3.8) is 0 Å². The topological polar surface area (TPSA) is 251 Å². The van der Waals surface area contributed by atoms with Crippen LogP contribution in [0.1, 0.15) is 107 Å². The molecule has 0 amide bonds. The quantitative estimate of drug-likeness (QED) is 0.0986. The molecule has 4 aliphatic rings. The molecule has 70 heavy (non-hydrogen) atoms. The minimum Gasteiger partial charge on any atom is -0.459 e. The van der Waals surface area contributed by atoms with Crippen LogP contribution in [-0.2, 0) is 39.6 Å². The van der Waals surface area contributed by atoms with Gasteiger partial charge in [0.05, 0.1) is 58.7 Å². The third-order valence-corrected chi connectivity index (χ3v) is 15.4. The van der Waals surface area contributed by atoms with E-state index < -0.39 is 107 Å². The number of ether oxygens (including phenoxy) is 6. The van der Waals surface area contributed by atoms with Crippen LogP contribution in [-0.4, -0.2) is 189 Å². The van der Waals surface area contributed by atoms with Gasteiger partial charge in [0.15, 0.2) is 12.6 Å². The van der Waals surface area contributed by atoms with Crippen molar-refractivity contribution in [2.75, 3.05) is 47.4 Å². The van der Waals surface area contributed by atoms with Gasteiger partial charge in [0.1, 0.15) is 30.0 Å². The van der Waals surface area contributed by atoms with E-state index >= 15 is 0 Å². The zero-order chi connectivity index (χ0) is 52.0. The van der Waals surface area contributed by atoms with Gasteiger partial charge in [-0.05, 0) is 106 Å². The van der Waals surface area contributed by atoms with Crippen LogP contribution in [0.4, 0.5) is 5.69 Å². The highest BCUT2D eigenvalue weighted by molar-refractivity contribution is 5.73. The predicted octanol–water partition coefficient (Wildman–Crippen LogP) is 4.38. The van der Waals surface area contributed by atoms with Gasteiger partial charge in [-0.2, -0.15) is 0 Å². The van der Waals surface area contributed by atoms with Crippen LogP contribution >= 0.6 is 0 Å². The number of cyclic esters (lactones) is 1. The average Bonchev–Trinajstić information content (AvgIpc) is 3.76. The van der Waals surface area contributed by atoms with E-state index in [0.29, 0.717) is 45.4 Å². The minimum atomic E-state index is -1.84. The first kappa shape index (κ1) is 57.6. The molecule has 18 atom stereocenters.